The first-order chi connectivity index (χ1) is 9.49. The van der Waals surface area contributed by atoms with Crippen molar-refractivity contribution in [1.82, 2.24) is 10.6 Å². The van der Waals surface area contributed by atoms with E-state index in [1.54, 1.807) is 12.1 Å². The molecule has 1 aromatic carbocycles. The summed E-state index contributed by atoms with van der Waals surface area (Å²) in [6.07, 6.45) is 0.278. The highest BCUT2D eigenvalue weighted by atomic mass is 16.4. The Bertz CT molecular complexity index is 473. The van der Waals surface area contributed by atoms with Crippen LogP contribution in [0.15, 0.2) is 30.3 Å². The van der Waals surface area contributed by atoms with Crippen molar-refractivity contribution in [2.24, 2.45) is 0 Å². The molecule has 0 bridgehead atoms. The highest BCUT2D eigenvalue weighted by Gasteiger charge is 2.19. The normalized spacial score (nSPS) is 11.4. The molecule has 0 fully saturated rings. The van der Waals surface area contributed by atoms with Crippen LogP contribution in [-0.4, -0.2) is 35.5 Å². The Morgan fingerprint density at radius 2 is 1.85 bits per heavy atom. The van der Waals surface area contributed by atoms with Gasteiger partial charge in [0, 0.05) is 26.3 Å². The zero-order valence-electron chi connectivity index (χ0n) is 11.3. The molecule has 0 aliphatic carbocycles. The average molecular weight is 278 g/mol. The summed E-state index contributed by atoms with van der Waals surface area (Å²) in [5, 5.41) is 14.0. The number of aliphatic carboxylic acids is 1. The van der Waals surface area contributed by atoms with Crippen molar-refractivity contribution in [3.8, 4) is 0 Å². The Morgan fingerprint density at radius 1 is 1.20 bits per heavy atom. The van der Waals surface area contributed by atoms with E-state index in [0.29, 0.717) is 0 Å². The second-order valence-electron chi connectivity index (χ2n) is 4.38. The number of hydrogen-bond acceptors (Lipinski definition) is 3. The van der Waals surface area contributed by atoms with Gasteiger partial charge in [-0.15, -0.1) is 0 Å². The lowest BCUT2D eigenvalue weighted by molar-refractivity contribution is -0.141. The van der Waals surface area contributed by atoms with Gasteiger partial charge in [0.05, 0.1) is 0 Å². The van der Waals surface area contributed by atoms with Crippen LogP contribution in [0.25, 0.3) is 0 Å². The Hall–Kier alpha value is -2.37. The molecule has 1 rings (SSSR count). The zero-order valence-corrected chi connectivity index (χ0v) is 11.3. The summed E-state index contributed by atoms with van der Waals surface area (Å²) in [5.41, 5.74) is 0.835. The van der Waals surface area contributed by atoms with Gasteiger partial charge in [0.1, 0.15) is 6.04 Å². The number of benzene rings is 1. The third-order valence-electron chi connectivity index (χ3n) is 2.64. The number of carbonyl (C=O) groups excluding carboxylic acids is 2. The van der Waals surface area contributed by atoms with Gasteiger partial charge in [0.15, 0.2) is 0 Å². The largest absolute Gasteiger partial charge is 0.480 e. The molecule has 0 aliphatic rings. The third kappa shape index (κ3) is 5.99. The molecular weight excluding hydrogens is 260 g/mol. The van der Waals surface area contributed by atoms with E-state index in [1.165, 1.54) is 6.92 Å². The Morgan fingerprint density at radius 3 is 2.40 bits per heavy atom. The molecule has 3 N–H and O–H groups in total. The van der Waals surface area contributed by atoms with E-state index < -0.39 is 17.9 Å². The second kappa shape index (κ2) is 7.93. The molecule has 6 nitrogen and oxygen atoms in total. The van der Waals surface area contributed by atoms with Gasteiger partial charge >= 0.3 is 5.97 Å². The summed E-state index contributed by atoms with van der Waals surface area (Å²) in [5.74, 6) is -1.71. The van der Waals surface area contributed by atoms with Crippen LogP contribution in [0.4, 0.5) is 0 Å². The number of rotatable bonds is 7. The van der Waals surface area contributed by atoms with Crippen molar-refractivity contribution in [3.05, 3.63) is 35.9 Å². The predicted octanol–water partition coefficient (Wildman–Crippen LogP) is 0.325. The predicted molar refractivity (Wildman–Crippen MR) is 73.0 cm³/mol. The van der Waals surface area contributed by atoms with Crippen molar-refractivity contribution in [3.63, 3.8) is 0 Å². The molecule has 0 heterocycles. The maximum absolute atomic E-state index is 11.6. The van der Waals surface area contributed by atoms with Crippen molar-refractivity contribution < 1.29 is 19.5 Å². The van der Waals surface area contributed by atoms with Gasteiger partial charge in [0.25, 0.3) is 0 Å². The van der Waals surface area contributed by atoms with Crippen molar-refractivity contribution in [2.45, 2.75) is 25.8 Å². The standard InChI is InChI=1S/C14H18N2O4/c1-10(17)15-8-7-13(18)16-12(14(19)20)9-11-5-3-2-4-6-11/h2-6,12H,7-9H2,1H3,(H,15,17)(H,16,18)(H,19,20)/t12-/m0/s1. The van der Waals surface area contributed by atoms with Crippen LogP contribution in [0.3, 0.4) is 0 Å². The molecule has 6 heteroatoms. The van der Waals surface area contributed by atoms with Gasteiger partial charge in [0.2, 0.25) is 11.8 Å². The third-order valence-corrected chi connectivity index (χ3v) is 2.64. The van der Waals surface area contributed by atoms with Crippen LogP contribution >= 0.6 is 0 Å². The van der Waals surface area contributed by atoms with E-state index in [4.69, 9.17) is 5.11 Å². The van der Waals surface area contributed by atoms with E-state index in [0.717, 1.165) is 5.56 Å². The van der Waals surface area contributed by atoms with E-state index in [9.17, 15) is 14.4 Å². The van der Waals surface area contributed by atoms with Crippen LogP contribution < -0.4 is 10.6 Å². The van der Waals surface area contributed by atoms with E-state index >= 15 is 0 Å². The minimum Gasteiger partial charge on any atom is -0.480 e. The molecule has 20 heavy (non-hydrogen) atoms. The summed E-state index contributed by atoms with van der Waals surface area (Å²) in [7, 11) is 0. The first-order valence-corrected chi connectivity index (χ1v) is 6.29. The number of carboxylic acid groups (broad SMARTS) is 1. The SMILES string of the molecule is CC(=O)NCCC(=O)N[C@@H](Cc1ccccc1)C(=O)O. The summed E-state index contributed by atoms with van der Waals surface area (Å²) >= 11 is 0. The zero-order chi connectivity index (χ0) is 15.0. The molecule has 2 amide bonds. The quantitative estimate of drug-likeness (QED) is 0.669. The van der Waals surface area contributed by atoms with Crippen LogP contribution in [0.2, 0.25) is 0 Å². The van der Waals surface area contributed by atoms with Gasteiger partial charge in [-0.2, -0.15) is 0 Å². The second-order valence-corrected chi connectivity index (χ2v) is 4.38. The van der Waals surface area contributed by atoms with Gasteiger partial charge in [-0.25, -0.2) is 4.79 Å². The van der Waals surface area contributed by atoms with Crippen LogP contribution in [0.1, 0.15) is 18.9 Å². The van der Waals surface area contributed by atoms with Crippen molar-refractivity contribution in [1.29, 1.82) is 0 Å². The summed E-state index contributed by atoms with van der Waals surface area (Å²) in [6, 6.07) is 8.10. The highest BCUT2D eigenvalue weighted by molar-refractivity contribution is 5.84. The Balaban J connectivity index is 2.49. The van der Waals surface area contributed by atoms with Gasteiger partial charge in [-0.05, 0) is 5.56 Å². The fourth-order valence-corrected chi connectivity index (χ4v) is 1.67. The van der Waals surface area contributed by atoms with Crippen LogP contribution in [-0.2, 0) is 20.8 Å². The molecule has 1 atom stereocenters. The summed E-state index contributed by atoms with van der Waals surface area (Å²) in [6.45, 7) is 1.55. The van der Waals surface area contributed by atoms with Crippen molar-refractivity contribution in [2.75, 3.05) is 6.54 Å². The number of hydrogen-bond donors (Lipinski definition) is 3. The van der Waals surface area contributed by atoms with E-state index in [1.807, 2.05) is 18.2 Å². The number of carbonyl (C=O) groups is 3. The molecule has 0 saturated heterocycles. The molecular formula is C14H18N2O4. The minimum atomic E-state index is -1.08. The smallest absolute Gasteiger partial charge is 0.326 e. The first-order valence-electron chi connectivity index (χ1n) is 6.29. The van der Waals surface area contributed by atoms with Crippen LogP contribution in [0, 0.1) is 0 Å². The fourth-order valence-electron chi connectivity index (χ4n) is 1.67. The first kappa shape index (κ1) is 15.7. The monoisotopic (exact) mass is 278 g/mol. The Labute approximate surface area is 117 Å². The molecule has 0 aromatic heterocycles. The molecule has 108 valence electrons. The summed E-state index contributed by atoms with van der Waals surface area (Å²) < 4.78 is 0. The lowest BCUT2D eigenvalue weighted by atomic mass is 10.1. The molecule has 1 aromatic rings. The number of amides is 2. The number of nitrogens with one attached hydrogen (secondary N) is 2. The average Bonchev–Trinajstić information content (AvgIpc) is 2.38. The maximum atomic E-state index is 11.6. The number of carboxylic acids is 1. The van der Waals surface area contributed by atoms with Gasteiger partial charge < -0.3 is 15.7 Å². The lowest BCUT2D eigenvalue weighted by Crippen LogP contribution is -2.43. The van der Waals surface area contributed by atoms with Gasteiger partial charge in [-0.3, -0.25) is 9.59 Å². The molecule has 0 spiro atoms. The highest BCUT2D eigenvalue weighted by Crippen LogP contribution is 2.03. The maximum Gasteiger partial charge on any atom is 0.326 e. The lowest BCUT2D eigenvalue weighted by Gasteiger charge is -2.14. The minimum absolute atomic E-state index is 0.0537. The molecule has 0 saturated carbocycles. The van der Waals surface area contributed by atoms with E-state index in [2.05, 4.69) is 10.6 Å². The fraction of sp³-hybridized carbons (Fsp3) is 0.357. The molecule has 0 radical (unpaired) electrons. The topological polar surface area (TPSA) is 95.5 Å². The van der Waals surface area contributed by atoms with Crippen molar-refractivity contribution >= 4 is 17.8 Å². The Kier molecular flexibility index (Phi) is 6.22. The van der Waals surface area contributed by atoms with Crippen LogP contribution in [0.5, 0.6) is 0 Å². The van der Waals surface area contributed by atoms with E-state index in [-0.39, 0.29) is 25.3 Å². The van der Waals surface area contributed by atoms with Gasteiger partial charge in [-0.1, -0.05) is 30.3 Å². The molecule has 0 unspecified atom stereocenters. The summed E-state index contributed by atoms with van der Waals surface area (Å²) in [4.78, 5) is 33.4. The molecule has 0 aliphatic heterocycles.